The SMILES string of the molecule is Cc1ccc(OCCc2ccc(N(C)C)cc2)c(NC(=O)Nc2cnc(C)cn2)c1. The predicted molar refractivity (Wildman–Crippen MR) is 121 cm³/mol. The van der Waals surface area contributed by atoms with Crippen molar-refractivity contribution in [1.82, 2.24) is 9.97 Å². The van der Waals surface area contributed by atoms with Crippen LogP contribution in [0.15, 0.2) is 54.9 Å². The van der Waals surface area contributed by atoms with Gasteiger partial charge in [0.15, 0.2) is 5.82 Å². The highest BCUT2D eigenvalue weighted by molar-refractivity contribution is 6.00. The van der Waals surface area contributed by atoms with Crippen molar-refractivity contribution in [2.45, 2.75) is 20.3 Å². The number of nitrogens with one attached hydrogen (secondary N) is 2. The minimum Gasteiger partial charge on any atom is -0.491 e. The van der Waals surface area contributed by atoms with Crippen molar-refractivity contribution in [2.24, 2.45) is 0 Å². The molecule has 30 heavy (non-hydrogen) atoms. The topological polar surface area (TPSA) is 79.4 Å². The Morgan fingerprint density at radius 1 is 1.00 bits per heavy atom. The van der Waals surface area contributed by atoms with E-state index >= 15 is 0 Å². The maximum Gasteiger partial charge on any atom is 0.324 e. The molecule has 0 saturated carbocycles. The van der Waals surface area contributed by atoms with Gasteiger partial charge in [-0.25, -0.2) is 9.78 Å². The van der Waals surface area contributed by atoms with Crippen LogP contribution in [-0.2, 0) is 6.42 Å². The van der Waals surface area contributed by atoms with Crippen LogP contribution < -0.4 is 20.3 Å². The van der Waals surface area contributed by atoms with Crippen molar-refractivity contribution in [1.29, 1.82) is 0 Å². The summed E-state index contributed by atoms with van der Waals surface area (Å²) in [4.78, 5) is 22.7. The monoisotopic (exact) mass is 405 g/mol. The first kappa shape index (κ1) is 21.1. The van der Waals surface area contributed by atoms with Crippen molar-refractivity contribution >= 4 is 23.2 Å². The maximum atomic E-state index is 12.4. The Hall–Kier alpha value is -3.61. The number of ether oxygens (including phenoxy) is 1. The Bertz CT molecular complexity index is 985. The number of aryl methyl sites for hydroxylation is 2. The van der Waals surface area contributed by atoms with Gasteiger partial charge in [0.2, 0.25) is 0 Å². The summed E-state index contributed by atoms with van der Waals surface area (Å²) in [6.45, 7) is 4.30. The molecule has 0 aliphatic rings. The molecule has 7 heteroatoms. The van der Waals surface area contributed by atoms with Crippen LogP contribution >= 0.6 is 0 Å². The Kier molecular flexibility index (Phi) is 6.85. The highest BCUT2D eigenvalue weighted by Gasteiger charge is 2.10. The third-order valence-electron chi connectivity index (χ3n) is 4.51. The van der Waals surface area contributed by atoms with Gasteiger partial charge in [-0.15, -0.1) is 0 Å². The molecule has 7 nitrogen and oxygen atoms in total. The highest BCUT2D eigenvalue weighted by atomic mass is 16.5. The molecule has 2 amide bonds. The van der Waals surface area contributed by atoms with E-state index in [1.54, 1.807) is 6.20 Å². The maximum absolute atomic E-state index is 12.4. The number of amides is 2. The van der Waals surface area contributed by atoms with Gasteiger partial charge in [0.1, 0.15) is 5.75 Å². The van der Waals surface area contributed by atoms with Gasteiger partial charge in [0.25, 0.3) is 0 Å². The van der Waals surface area contributed by atoms with Crippen LogP contribution in [0.4, 0.5) is 22.0 Å². The van der Waals surface area contributed by atoms with Gasteiger partial charge in [-0.1, -0.05) is 18.2 Å². The van der Waals surface area contributed by atoms with Crippen LogP contribution in [0.25, 0.3) is 0 Å². The van der Waals surface area contributed by atoms with E-state index in [1.807, 2.05) is 46.1 Å². The summed E-state index contributed by atoms with van der Waals surface area (Å²) < 4.78 is 5.96. The molecule has 3 rings (SSSR count). The second-order valence-corrected chi connectivity index (χ2v) is 7.28. The summed E-state index contributed by atoms with van der Waals surface area (Å²) in [5.41, 5.74) is 4.76. The molecule has 0 aliphatic carbocycles. The molecule has 2 aromatic carbocycles. The molecule has 0 unspecified atom stereocenters. The summed E-state index contributed by atoms with van der Waals surface area (Å²) in [5, 5.41) is 5.51. The van der Waals surface area contributed by atoms with Crippen molar-refractivity contribution in [2.75, 3.05) is 36.2 Å². The molecule has 0 radical (unpaired) electrons. The molecule has 0 bridgehead atoms. The average molecular weight is 406 g/mol. The van der Waals surface area contributed by atoms with E-state index < -0.39 is 6.03 Å². The fourth-order valence-electron chi connectivity index (χ4n) is 2.83. The van der Waals surface area contributed by atoms with E-state index in [1.165, 1.54) is 11.8 Å². The van der Waals surface area contributed by atoms with Gasteiger partial charge in [0.05, 0.1) is 30.4 Å². The van der Waals surface area contributed by atoms with E-state index in [0.717, 1.165) is 23.4 Å². The number of hydrogen-bond acceptors (Lipinski definition) is 5. The Morgan fingerprint density at radius 3 is 2.43 bits per heavy atom. The van der Waals surface area contributed by atoms with Crippen LogP contribution in [-0.4, -0.2) is 36.7 Å². The van der Waals surface area contributed by atoms with Crippen LogP contribution in [0.3, 0.4) is 0 Å². The minimum absolute atomic E-state index is 0.384. The number of anilines is 3. The van der Waals surface area contributed by atoms with E-state index in [4.69, 9.17) is 4.74 Å². The largest absolute Gasteiger partial charge is 0.491 e. The molecule has 0 atom stereocenters. The predicted octanol–water partition coefficient (Wildman–Crippen LogP) is 4.42. The lowest BCUT2D eigenvalue weighted by Gasteiger charge is -2.15. The van der Waals surface area contributed by atoms with Gasteiger partial charge < -0.3 is 15.0 Å². The summed E-state index contributed by atoms with van der Waals surface area (Å²) in [7, 11) is 4.04. The molecule has 1 aromatic heterocycles. The molecule has 0 fully saturated rings. The lowest BCUT2D eigenvalue weighted by molar-refractivity contribution is 0.261. The number of benzene rings is 2. The summed E-state index contributed by atoms with van der Waals surface area (Å²) in [5.74, 6) is 1.00. The second kappa shape index (κ2) is 9.73. The summed E-state index contributed by atoms with van der Waals surface area (Å²) >= 11 is 0. The lowest BCUT2D eigenvalue weighted by Crippen LogP contribution is -2.21. The van der Waals surface area contributed by atoms with Crippen molar-refractivity contribution < 1.29 is 9.53 Å². The number of urea groups is 1. The molecule has 156 valence electrons. The number of hydrogen-bond donors (Lipinski definition) is 2. The normalized spacial score (nSPS) is 10.4. The zero-order valence-electron chi connectivity index (χ0n) is 17.8. The molecule has 2 N–H and O–H groups in total. The quantitative estimate of drug-likeness (QED) is 0.608. The smallest absolute Gasteiger partial charge is 0.324 e. The fraction of sp³-hybridized carbons (Fsp3) is 0.261. The molecule has 3 aromatic rings. The van der Waals surface area contributed by atoms with Gasteiger partial charge >= 0.3 is 6.03 Å². The first-order valence-corrected chi connectivity index (χ1v) is 9.77. The first-order valence-electron chi connectivity index (χ1n) is 9.77. The summed E-state index contributed by atoms with van der Waals surface area (Å²) in [6, 6.07) is 13.7. The Morgan fingerprint density at radius 2 is 1.77 bits per heavy atom. The fourth-order valence-corrected chi connectivity index (χ4v) is 2.83. The van der Waals surface area contributed by atoms with Crippen molar-refractivity contribution in [3.8, 4) is 5.75 Å². The third kappa shape index (κ3) is 5.94. The van der Waals surface area contributed by atoms with Crippen LogP contribution in [0.2, 0.25) is 0 Å². The molecular formula is C23H27N5O2. The third-order valence-corrected chi connectivity index (χ3v) is 4.51. The molecule has 0 spiro atoms. The van der Waals surface area contributed by atoms with Gasteiger partial charge in [-0.05, 0) is 49.2 Å². The van der Waals surface area contributed by atoms with E-state index in [-0.39, 0.29) is 0 Å². The lowest BCUT2D eigenvalue weighted by atomic mass is 10.1. The Balaban J connectivity index is 1.60. The number of carbonyl (C=O) groups excluding carboxylic acids is 1. The zero-order valence-corrected chi connectivity index (χ0v) is 17.8. The minimum atomic E-state index is -0.400. The number of carbonyl (C=O) groups is 1. The number of rotatable bonds is 7. The average Bonchev–Trinajstić information content (AvgIpc) is 2.71. The van der Waals surface area contributed by atoms with Crippen molar-refractivity contribution in [3.63, 3.8) is 0 Å². The second-order valence-electron chi connectivity index (χ2n) is 7.28. The number of nitrogens with zero attached hydrogens (tertiary/aromatic N) is 3. The Labute approximate surface area is 177 Å². The standard InChI is InChI=1S/C23H27N5O2/c1-16-5-10-21(30-12-11-18-6-8-19(9-7-18)28(3)4)20(13-16)26-23(29)27-22-15-24-17(2)14-25-22/h5-10,13-15H,11-12H2,1-4H3,(H2,25,26,27,29). The van der Waals surface area contributed by atoms with Crippen molar-refractivity contribution in [3.05, 3.63) is 71.7 Å². The van der Waals surface area contributed by atoms with E-state index in [0.29, 0.717) is 23.9 Å². The highest BCUT2D eigenvalue weighted by Crippen LogP contribution is 2.26. The van der Waals surface area contributed by atoms with Gasteiger partial charge in [0, 0.05) is 26.2 Å². The molecule has 1 heterocycles. The van der Waals surface area contributed by atoms with Crippen LogP contribution in [0, 0.1) is 13.8 Å². The van der Waals surface area contributed by atoms with E-state index in [9.17, 15) is 4.79 Å². The number of aromatic nitrogens is 2. The molecule has 0 aliphatic heterocycles. The van der Waals surface area contributed by atoms with Gasteiger partial charge in [-0.2, -0.15) is 0 Å². The summed E-state index contributed by atoms with van der Waals surface area (Å²) in [6.07, 6.45) is 3.89. The zero-order chi connectivity index (χ0) is 21.5. The van der Waals surface area contributed by atoms with Crippen LogP contribution in [0.5, 0.6) is 5.75 Å². The first-order chi connectivity index (χ1) is 14.4. The van der Waals surface area contributed by atoms with Crippen LogP contribution in [0.1, 0.15) is 16.8 Å². The molecular weight excluding hydrogens is 378 g/mol. The van der Waals surface area contributed by atoms with E-state index in [2.05, 4.69) is 49.8 Å². The molecule has 0 saturated heterocycles. The van der Waals surface area contributed by atoms with Gasteiger partial charge in [-0.3, -0.25) is 10.3 Å².